The fraction of sp³-hybridized carbons (Fsp3) is 0.610. The van der Waals surface area contributed by atoms with E-state index in [1.54, 1.807) is 33.9 Å². The number of nitrogens with one attached hydrogen (secondary N) is 7. The zero-order chi connectivity index (χ0) is 46.1. The van der Waals surface area contributed by atoms with Crippen molar-refractivity contribution in [2.24, 2.45) is 39.9 Å². The molecule has 0 aliphatic heterocycles. The number of hydrogen-bond donors (Lipinski definition) is 12. The quantitative estimate of drug-likeness (QED) is 0.0333. The third-order valence-corrected chi connectivity index (χ3v) is 9.80. The van der Waals surface area contributed by atoms with Gasteiger partial charge in [0, 0.05) is 30.1 Å². The van der Waals surface area contributed by atoms with Crippen molar-refractivity contribution in [3.05, 3.63) is 36.0 Å². The lowest BCUT2D eigenvalue weighted by atomic mass is 9.98. The molecule has 0 saturated carbocycles. The highest BCUT2D eigenvalue weighted by Crippen LogP contribution is 2.20. The number of rotatable bonds is 25. The van der Waals surface area contributed by atoms with Gasteiger partial charge in [0.15, 0.2) is 5.96 Å². The van der Waals surface area contributed by atoms with Crippen molar-refractivity contribution >= 4 is 58.3 Å². The molecule has 0 saturated heterocycles. The molecule has 0 spiro atoms. The molecule has 2 rings (SSSR count). The van der Waals surface area contributed by atoms with Crippen molar-refractivity contribution in [2.45, 2.75) is 136 Å². The monoisotopic (exact) mass is 858 g/mol. The van der Waals surface area contributed by atoms with Gasteiger partial charge < -0.3 is 64.3 Å². The highest BCUT2D eigenvalue weighted by Gasteiger charge is 2.35. The minimum absolute atomic E-state index is 0.0283. The first-order valence-corrected chi connectivity index (χ1v) is 20.6. The number of aromatic nitrogens is 1. The number of carboxylic acids is 1. The number of benzene rings is 1. The summed E-state index contributed by atoms with van der Waals surface area (Å²) in [5, 5.41) is 36.0. The lowest BCUT2D eigenvalue weighted by molar-refractivity contribution is -0.142. The van der Waals surface area contributed by atoms with Crippen LogP contribution in [0.4, 0.5) is 0 Å². The van der Waals surface area contributed by atoms with Crippen LogP contribution in [-0.4, -0.2) is 118 Å². The van der Waals surface area contributed by atoms with Gasteiger partial charge in [0.2, 0.25) is 35.4 Å². The molecule has 1 aromatic carbocycles. The van der Waals surface area contributed by atoms with Crippen LogP contribution in [0.15, 0.2) is 35.5 Å². The van der Waals surface area contributed by atoms with Gasteiger partial charge in [-0.1, -0.05) is 59.7 Å². The highest BCUT2D eigenvalue weighted by atomic mass is 16.4. The molecule has 340 valence electrons. The zero-order valence-corrected chi connectivity index (χ0v) is 36.4. The molecule has 20 nitrogen and oxygen atoms in total. The van der Waals surface area contributed by atoms with E-state index in [0.717, 1.165) is 10.9 Å². The zero-order valence-electron chi connectivity index (χ0n) is 36.4. The summed E-state index contributed by atoms with van der Waals surface area (Å²) in [6.45, 7) is 13.4. The number of guanidine groups is 1. The number of H-pyrrole nitrogens is 1. The van der Waals surface area contributed by atoms with E-state index in [1.165, 1.54) is 13.8 Å². The SMILES string of the molecule is CC(C)C[C@H](NC(=O)[C@H](Cc1c[nH]c2ccccc12)NC(=O)[C@H](CCCN=C(N)N)NC(=O)[C@@H](N)C(C)C)C(=O)N[C@@H](CC(C)C)C(=O)N[C@H](C(=O)N[C@@H](C)C(=O)O)[C@@H](C)O. The van der Waals surface area contributed by atoms with Crippen LogP contribution in [0.25, 0.3) is 10.9 Å². The number of nitrogens with zero attached hydrogens (tertiary/aromatic N) is 1. The van der Waals surface area contributed by atoms with E-state index in [2.05, 4.69) is 41.9 Å². The van der Waals surface area contributed by atoms with Gasteiger partial charge in [-0.15, -0.1) is 0 Å². The Balaban J connectivity index is 2.48. The molecule has 15 N–H and O–H groups in total. The van der Waals surface area contributed by atoms with Crippen LogP contribution in [0.3, 0.4) is 0 Å². The molecular weight excluding hydrogens is 791 g/mol. The van der Waals surface area contributed by atoms with Gasteiger partial charge in [-0.3, -0.25) is 38.6 Å². The van der Waals surface area contributed by atoms with Crippen molar-refractivity contribution in [3.8, 4) is 0 Å². The Labute approximate surface area is 356 Å². The number of amides is 6. The number of aliphatic hydroxyl groups excluding tert-OH is 1. The van der Waals surface area contributed by atoms with Gasteiger partial charge in [-0.2, -0.15) is 0 Å². The number of aliphatic carboxylic acids is 1. The Bertz CT molecular complexity index is 1840. The number of fused-ring (bicyclic) bond motifs is 1. The summed E-state index contributed by atoms with van der Waals surface area (Å²) < 4.78 is 0. The van der Waals surface area contributed by atoms with Gasteiger partial charge in [0.25, 0.3) is 0 Å². The number of hydrogen-bond acceptors (Lipinski definition) is 10. The van der Waals surface area contributed by atoms with E-state index in [-0.39, 0.29) is 55.9 Å². The smallest absolute Gasteiger partial charge is 0.325 e. The maximum absolute atomic E-state index is 14.4. The molecule has 0 fully saturated rings. The van der Waals surface area contributed by atoms with E-state index in [0.29, 0.717) is 12.0 Å². The van der Waals surface area contributed by atoms with Crippen LogP contribution in [0.2, 0.25) is 0 Å². The van der Waals surface area contributed by atoms with Crippen molar-refractivity contribution in [1.29, 1.82) is 0 Å². The summed E-state index contributed by atoms with van der Waals surface area (Å²) >= 11 is 0. The van der Waals surface area contributed by atoms with Gasteiger partial charge in [-0.25, -0.2) is 0 Å². The van der Waals surface area contributed by atoms with Crippen LogP contribution in [-0.2, 0) is 40.0 Å². The predicted octanol–water partition coefficient (Wildman–Crippen LogP) is -0.766. The maximum atomic E-state index is 14.4. The number of carbonyl (C=O) groups excluding carboxylic acids is 6. The van der Waals surface area contributed by atoms with Gasteiger partial charge in [0.1, 0.15) is 36.3 Å². The summed E-state index contributed by atoms with van der Waals surface area (Å²) in [7, 11) is 0. The Kier molecular flexibility index (Phi) is 20.6. The minimum atomic E-state index is -1.55. The topological polar surface area (TPSA) is 338 Å². The highest BCUT2D eigenvalue weighted by molar-refractivity contribution is 5.97. The standard InChI is InChI=1S/C41H67N11O9/c1-20(2)16-29(35(55)50-30(17-21(3)4)37(57)52-33(24(8)53)39(59)47-23(7)40(60)61)49-36(56)31(18-25-19-46-27-13-10-9-12-26(25)27)51-34(54)28(14-11-15-45-41(43)44)48-38(58)32(42)22(5)6/h9-10,12-13,19-24,28-33,46,53H,11,14-18,42H2,1-8H3,(H,47,59)(H,48,58)(H,49,56)(H,50,55)(H,51,54)(H,52,57)(H,60,61)(H4,43,44,45)/t23-,24+,28-,29-,30-,31-,32-,33-/m0/s1. The molecule has 0 bridgehead atoms. The number of aliphatic hydroxyl groups is 1. The van der Waals surface area contributed by atoms with Gasteiger partial charge in [-0.05, 0) is 68.9 Å². The molecule has 0 radical (unpaired) electrons. The first-order valence-electron chi connectivity index (χ1n) is 20.6. The van der Waals surface area contributed by atoms with E-state index in [9.17, 15) is 43.8 Å². The predicted molar refractivity (Wildman–Crippen MR) is 230 cm³/mol. The molecule has 1 aromatic heterocycles. The summed E-state index contributed by atoms with van der Waals surface area (Å²) in [5.41, 5.74) is 18.5. The van der Waals surface area contributed by atoms with Gasteiger partial charge in [0.05, 0.1) is 12.1 Å². The first kappa shape index (κ1) is 51.4. The molecule has 20 heteroatoms. The number of carboxylic acid groups (broad SMARTS) is 1. The lowest BCUT2D eigenvalue weighted by Crippen LogP contribution is -2.61. The first-order chi connectivity index (χ1) is 28.5. The largest absolute Gasteiger partial charge is 0.480 e. The maximum Gasteiger partial charge on any atom is 0.325 e. The average molecular weight is 858 g/mol. The Morgan fingerprint density at radius 3 is 1.72 bits per heavy atom. The molecule has 0 aliphatic rings. The number of aromatic amines is 1. The number of para-hydroxylation sites is 1. The van der Waals surface area contributed by atoms with Crippen LogP contribution >= 0.6 is 0 Å². The molecule has 6 amide bonds. The average Bonchev–Trinajstić information content (AvgIpc) is 3.58. The summed E-state index contributed by atoms with van der Waals surface area (Å²) in [6.07, 6.45) is 0.839. The molecule has 8 atom stereocenters. The fourth-order valence-corrected chi connectivity index (χ4v) is 6.32. The normalized spacial score (nSPS) is 15.4. The van der Waals surface area contributed by atoms with Crippen molar-refractivity contribution in [3.63, 3.8) is 0 Å². The summed E-state index contributed by atoms with van der Waals surface area (Å²) in [5.74, 6) is -6.51. The van der Waals surface area contributed by atoms with E-state index < -0.39 is 89.8 Å². The van der Waals surface area contributed by atoms with E-state index >= 15 is 0 Å². The molecule has 2 aromatic rings. The summed E-state index contributed by atoms with van der Waals surface area (Å²) in [6, 6.07) is -1.31. The van der Waals surface area contributed by atoms with Gasteiger partial charge >= 0.3 is 5.97 Å². The second kappa shape index (κ2) is 24.5. The van der Waals surface area contributed by atoms with E-state index in [4.69, 9.17) is 17.2 Å². The fourth-order valence-electron chi connectivity index (χ4n) is 6.32. The van der Waals surface area contributed by atoms with Crippen LogP contribution in [0, 0.1) is 17.8 Å². The Morgan fingerprint density at radius 2 is 1.20 bits per heavy atom. The summed E-state index contributed by atoms with van der Waals surface area (Å²) in [4.78, 5) is 101. The molecule has 1 heterocycles. The number of nitrogens with two attached hydrogens (primary N) is 3. The molecular formula is C41H67N11O9. The van der Waals surface area contributed by atoms with Crippen molar-refractivity contribution in [1.82, 2.24) is 36.9 Å². The second-order valence-corrected chi connectivity index (χ2v) is 16.6. The Hall–Kier alpha value is -5.76. The molecule has 0 unspecified atom stereocenters. The number of carbonyl (C=O) groups is 7. The van der Waals surface area contributed by atoms with Crippen LogP contribution in [0.1, 0.15) is 86.6 Å². The lowest BCUT2D eigenvalue weighted by Gasteiger charge is -2.29. The second-order valence-electron chi connectivity index (χ2n) is 16.6. The molecule has 0 aliphatic carbocycles. The number of aliphatic imine (C=N–C) groups is 1. The van der Waals surface area contributed by atoms with E-state index in [1.807, 2.05) is 38.1 Å². The Morgan fingerprint density at radius 1 is 0.689 bits per heavy atom. The third kappa shape index (κ3) is 17.0. The van der Waals surface area contributed by atoms with Crippen LogP contribution in [0.5, 0.6) is 0 Å². The van der Waals surface area contributed by atoms with Crippen molar-refractivity contribution in [2.75, 3.05) is 6.54 Å². The third-order valence-electron chi connectivity index (χ3n) is 9.80. The molecule has 61 heavy (non-hydrogen) atoms. The van der Waals surface area contributed by atoms with Crippen molar-refractivity contribution < 1.29 is 43.8 Å². The van der Waals surface area contributed by atoms with Crippen LogP contribution < -0.4 is 49.1 Å². The minimum Gasteiger partial charge on any atom is -0.480 e.